The van der Waals surface area contributed by atoms with E-state index in [0.29, 0.717) is 12.5 Å². The van der Waals surface area contributed by atoms with Crippen molar-refractivity contribution in [2.24, 2.45) is 5.73 Å². The molecule has 0 amide bonds. The van der Waals surface area contributed by atoms with E-state index in [1.165, 1.54) is 10.5 Å². The zero-order chi connectivity index (χ0) is 13.0. The lowest BCUT2D eigenvalue weighted by Gasteiger charge is -2.07. The second-order valence-electron chi connectivity index (χ2n) is 4.50. The Hall–Kier alpha value is -1.32. The predicted octanol–water partition coefficient (Wildman–Crippen LogP) is 3.81. The van der Waals surface area contributed by atoms with Gasteiger partial charge in [0.15, 0.2) is 0 Å². The van der Waals surface area contributed by atoms with Crippen molar-refractivity contribution in [3.63, 3.8) is 0 Å². The van der Waals surface area contributed by atoms with Crippen molar-refractivity contribution < 1.29 is 0 Å². The maximum atomic E-state index is 5.59. The van der Waals surface area contributed by atoms with E-state index in [1.807, 2.05) is 18.2 Å². The average molecular weight is 258 g/mol. The highest BCUT2D eigenvalue weighted by atomic mass is 32.2. The second-order valence-corrected chi connectivity index (χ2v) is 5.59. The summed E-state index contributed by atoms with van der Waals surface area (Å²) in [5.41, 5.74) is 7.89. The van der Waals surface area contributed by atoms with Crippen molar-refractivity contribution in [2.45, 2.75) is 36.2 Å². The molecule has 1 heterocycles. The van der Waals surface area contributed by atoms with Crippen molar-refractivity contribution in [1.82, 2.24) is 4.98 Å². The van der Waals surface area contributed by atoms with Crippen LogP contribution in [0.5, 0.6) is 0 Å². The third kappa shape index (κ3) is 3.34. The first-order valence-corrected chi connectivity index (χ1v) is 6.94. The SMILES string of the molecule is CC(C)c1ccc(Sc2cccc(CN)n2)cc1. The number of nitrogens with two attached hydrogens (primary N) is 1. The van der Waals surface area contributed by atoms with Crippen LogP contribution < -0.4 is 5.73 Å². The summed E-state index contributed by atoms with van der Waals surface area (Å²) in [5, 5.41) is 0.996. The molecule has 2 N–H and O–H groups in total. The van der Waals surface area contributed by atoms with Gasteiger partial charge in [-0.25, -0.2) is 4.98 Å². The molecule has 2 nitrogen and oxygen atoms in total. The van der Waals surface area contributed by atoms with E-state index >= 15 is 0 Å². The molecule has 2 aromatic rings. The molecule has 0 unspecified atom stereocenters. The molecule has 1 aromatic heterocycles. The van der Waals surface area contributed by atoms with Crippen molar-refractivity contribution in [3.05, 3.63) is 53.7 Å². The Kier molecular flexibility index (Phi) is 4.39. The first-order chi connectivity index (χ1) is 8.69. The highest BCUT2D eigenvalue weighted by Crippen LogP contribution is 2.27. The van der Waals surface area contributed by atoms with Gasteiger partial charge in [-0.05, 0) is 35.7 Å². The monoisotopic (exact) mass is 258 g/mol. The molecule has 0 aliphatic heterocycles. The van der Waals surface area contributed by atoms with Crippen molar-refractivity contribution in [3.8, 4) is 0 Å². The third-order valence-corrected chi connectivity index (χ3v) is 3.70. The van der Waals surface area contributed by atoms with Crippen LogP contribution in [0.1, 0.15) is 31.0 Å². The van der Waals surface area contributed by atoms with Gasteiger partial charge in [0.2, 0.25) is 0 Å². The van der Waals surface area contributed by atoms with Crippen LogP contribution in [0.3, 0.4) is 0 Å². The van der Waals surface area contributed by atoms with E-state index in [0.717, 1.165) is 10.7 Å². The maximum Gasteiger partial charge on any atom is 0.101 e. The zero-order valence-corrected chi connectivity index (χ0v) is 11.6. The van der Waals surface area contributed by atoms with Gasteiger partial charge in [-0.3, -0.25) is 0 Å². The maximum absolute atomic E-state index is 5.59. The fraction of sp³-hybridized carbons (Fsp3) is 0.267. The molecule has 0 saturated carbocycles. The quantitative estimate of drug-likeness (QED) is 0.906. The number of aromatic nitrogens is 1. The van der Waals surface area contributed by atoms with Gasteiger partial charge in [-0.2, -0.15) is 0 Å². The number of hydrogen-bond donors (Lipinski definition) is 1. The lowest BCUT2D eigenvalue weighted by atomic mass is 10.0. The highest BCUT2D eigenvalue weighted by molar-refractivity contribution is 7.99. The highest BCUT2D eigenvalue weighted by Gasteiger charge is 2.02. The van der Waals surface area contributed by atoms with Crippen LogP contribution in [0.2, 0.25) is 0 Å². The molecule has 0 saturated heterocycles. The summed E-state index contributed by atoms with van der Waals surface area (Å²) in [6, 6.07) is 14.6. The fourth-order valence-electron chi connectivity index (χ4n) is 1.67. The topological polar surface area (TPSA) is 38.9 Å². The number of benzene rings is 1. The molecule has 3 heteroatoms. The van der Waals surface area contributed by atoms with E-state index in [-0.39, 0.29) is 0 Å². The molecular formula is C15H18N2S. The van der Waals surface area contributed by atoms with E-state index in [4.69, 9.17) is 5.73 Å². The van der Waals surface area contributed by atoms with Crippen LogP contribution in [0.4, 0.5) is 0 Å². The number of hydrogen-bond acceptors (Lipinski definition) is 3. The Balaban J connectivity index is 2.13. The largest absolute Gasteiger partial charge is 0.325 e. The molecule has 0 spiro atoms. The summed E-state index contributed by atoms with van der Waals surface area (Å²) in [6.07, 6.45) is 0. The zero-order valence-electron chi connectivity index (χ0n) is 10.8. The molecule has 2 rings (SSSR count). The molecule has 0 bridgehead atoms. The minimum absolute atomic E-state index is 0.487. The minimum Gasteiger partial charge on any atom is -0.325 e. The van der Waals surface area contributed by atoms with Gasteiger partial charge in [0.1, 0.15) is 5.03 Å². The van der Waals surface area contributed by atoms with Gasteiger partial charge in [0, 0.05) is 11.4 Å². The average Bonchev–Trinajstić information content (AvgIpc) is 2.39. The van der Waals surface area contributed by atoms with Crippen LogP contribution in [0.25, 0.3) is 0 Å². The number of nitrogens with zero attached hydrogens (tertiary/aromatic N) is 1. The van der Waals surface area contributed by atoms with Crippen LogP contribution in [-0.4, -0.2) is 4.98 Å². The summed E-state index contributed by atoms with van der Waals surface area (Å²) >= 11 is 1.67. The number of rotatable bonds is 4. The molecule has 0 aliphatic carbocycles. The Labute approximate surface area is 113 Å². The molecule has 0 aliphatic rings. The minimum atomic E-state index is 0.487. The first kappa shape index (κ1) is 13.1. The summed E-state index contributed by atoms with van der Waals surface area (Å²) < 4.78 is 0. The van der Waals surface area contributed by atoms with E-state index < -0.39 is 0 Å². The summed E-state index contributed by atoms with van der Waals surface area (Å²) in [6.45, 7) is 4.89. The lowest BCUT2D eigenvalue weighted by molar-refractivity contribution is 0.865. The van der Waals surface area contributed by atoms with Gasteiger partial charge >= 0.3 is 0 Å². The Morgan fingerprint density at radius 1 is 1.11 bits per heavy atom. The van der Waals surface area contributed by atoms with E-state index in [2.05, 4.69) is 43.1 Å². The molecule has 0 fully saturated rings. The van der Waals surface area contributed by atoms with Gasteiger partial charge in [0.25, 0.3) is 0 Å². The first-order valence-electron chi connectivity index (χ1n) is 6.13. The molecule has 1 aromatic carbocycles. The number of pyridine rings is 1. The summed E-state index contributed by atoms with van der Waals surface area (Å²) in [4.78, 5) is 5.69. The smallest absolute Gasteiger partial charge is 0.101 e. The van der Waals surface area contributed by atoms with Gasteiger partial charge < -0.3 is 5.73 Å². The Morgan fingerprint density at radius 2 is 1.83 bits per heavy atom. The third-order valence-electron chi connectivity index (χ3n) is 2.76. The van der Waals surface area contributed by atoms with Gasteiger partial charge in [0.05, 0.1) is 5.69 Å². The molecule has 94 valence electrons. The summed E-state index contributed by atoms with van der Waals surface area (Å²) in [7, 11) is 0. The van der Waals surface area contributed by atoms with E-state index in [9.17, 15) is 0 Å². The van der Waals surface area contributed by atoms with Crippen molar-refractivity contribution in [2.75, 3.05) is 0 Å². The normalized spacial score (nSPS) is 10.9. The molecular weight excluding hydrogens is 240 g/mol. The molecule has 18 heavy (non-hydrogen) atoms. The van der Waals surface area contributed by atoms with Gasteiger partial charge in [-0.15, -0.1) is 0 Å². The van der Waals surface area contributed by atoms with Gasteiger partial charge in [-0.1, -0.05) is 43.8 Å². The lowest BCUT2D eigenvalue weighted by Crippen LogP contribution is -1.99. The van der Waals surface area contributed by atoms with Crippen LogP contribution in [-0.2, 0) is 6.54 Å². The van der Waals surface area contributed by atoms with Crippen molar-refractivity contribution in [1.29, 1.82) is 0 Å². The van der Waals surface area contributed by atoms with Crippen molar-refractivity contribution >= 4 is 11.8 Å². The van der Waals surface area contributed by atoms with Crippen LogP contribution >= 0.6 is 11.8 Å². The molecule has 0 atom stereocenters. The Morgan fingerprint density at radius 3 is 2.44 bits per heavy atom. The van der Waals surface area contributed by atoms with E-state index in [1.54, 1.807) is 11.8 Å². The fourth-order valence-corrected chi connectivity index (χ4v) is 2.49. The Bertz CT molecular complexity index is 506. The standard InChI is InChI=1S/C15H18N2S/c1-11(2)12-6-8-14(9-7-12)18-15-5-3-4-13(10-16)17-15/h3-9,11H,10,16H2,1-2H3. The summed E-state index contributed by atoms with van der Waals surface area (Å²) in [5.74, 6) is 0.572. The second kappa shape index (κ2) is 6.03. The predicted molar refractivity (Wildman–Crippen MR) is 76.8 cm³/mol. The molecule has 0 radical (unpaired) electrons. The van der Waals surface area contributed by atoms with Crippen LogP contribution in [0.15, 0.2) is 52.4 Å². The van der Waals surface area contributed by atoms with Crippen LogP contribution in [0, 0.1) is 0 Å².